The van der Waals surface area contributed by atoms with E-state index in [9.17, 15) is 0 Å². The maximum Gasteiger partial charge on any atom is 0.128 e. The number of benzene rings is 1. The van der Waals surface area contributed by atoms with Gasteiger partial charge in [-0.2, -0.15) is 0 Å². The number of hydrogen-bond acceptors (Lipinski definition) is 3. The Balaban J connectivity index is 1.71. The first-order valence-electron chi connectivity index (χ1n) is 6.45. The molecule has 1 N–H and O–H groups in total. The summed E-state index contributed by atoms with van der Waals surface area (Å²) in [7, 11) is 0. The van der Waals surface area contributed by atoms with Crippen molar-refractivity contribution in [2.45, 2.75) is 12.8 Å². The van der Waals surface area contributed by atoms with Crippen molar-refractivity contribution in [2.24, 2.45) is 0 Å². The number of pyridine rings is 1. The topological polar surface area (TPSA) is 28.2 Å². The fraction of sp³-hybridized carbons (Fsp3) is 0.267. The van der Waals surface area contributed by atoms with Gasteiger partial charge < -0.3 is 10.2 Å². The first kappa shape index (κ1) is 11.1. The van der Waals surface area contributed by atoms with E-state index < -0.39 is 0 Å². The zero-order valence-electron chi connectivity index (χ0n) is 10.3. The molecular weight excluding hydrogens is 222 g/mol. The second-order valence-electron chi connectivity index (χ2n) is 4.59. The molecule has 0 atom stereocenters. The molecule has 0 bridgehead atoms. The van der Waals surface area contributed by atoms with Crippen LogP contribution in [0.4, 0.5) is 17.2 Å². The van der Waals surface area contributed by atoms with Crippen molar-refractivity contribution in [1.82, 2.24) is 4.98 Å². The molecule has 92 valence electrons. The molecule has 3 nitrogen and oxygen atoms in total. The lowest BCUT2D eigenvalue weighted by Gasteiger charge is -2.16. The first-order valence-corrected chi connectivity index (χ1v) is 6.45. The number of nitrogens with zero attached hydrogens (tertiary/aromatic N) is 2. The normalized spacial score (nSPS) is 14.8. The maximum atomic E-state index is 4.52. The highest BCUT2D eigenvalue weighted by atomic mass is 15.2. The third-order valence-electron chi connectivity index (χ3n) is 3.24. The Bertz CT molecular complexity index is 487. The second kappa shape index (κ2) is 5.08. The Labute approximate surface area is 107 Å². The summed E-state index contributed by atoms with van der Waals surface area (Å²) < 4.78 is 0. The van der Waals surface area contributed by atoms with Gasteiger partial charge in [0.05, 0.1) is 11.9 Å². The van der Waals surface area contributed by atoms with Crippen LogP contribution in [0.1, 0.15) is 12.8 Å². The molecule has 2 heterocycles. The van der Waals surface area contributed by atoms with Crippen LogP contribution >= 0.6 is 0 Å². The largest absolute Gasteiger partial charge is 0.357 e. The molecule has 1 aliphatic heterocycles. The van der Waals surface area contributed by atoms with Gasteiger partial charge in [0.15, 0.2) is 0 Å². The maximum absolute atomic E-state index is 4.52. The summed E-state index contributed by atoms with van der Waals surface area (Å²) in [4.78, 5) is 6.86. The molecule has 0 amide bonds. The molecule has 1 aromatic heterocycles. The summed E-state index contributed by atoms with van der Waals surface area (Å²) in [6.45, 7) is 2.27. The predicted molar refractivity (Wildman–Crippen MR) is 75.4 cm³/mol. The Hall–Kier alpha value is -2.03. The van der Waals surface area contributed by atoms with Crippen LogP contribution in [0.2, 0.25) is 0 Å². The molecule has 3 heteroatoms. The quantitative estimate of drug-likeness (QED) is 0.889. The molecule has 1 fully saturated rings. The molecule has 0 aliphatic carbocycles. The molecule has 1 saturated heterocycles. The van der Waals surface area contributed by atoms with E-state index >= 15 is 0 Å². The third-order valence-corrected chi connectivity index (χ3v) is 3.24. The number of aromatic nitrogens is 1. The van der Waals surface area contributed by atoms with E-state index in [4.69, 9.17) is 0 Å². The van der Waals surface area contributed by atoms with Gasteiger partial charge in [0.2, 0.25) is 0 Å². The molecule has 2 aromatic rings. The van der Waals surface area contributed by atoms with Crippen LogP contribution in [0.3, 0.4) is 0 Å². The Morgan fingerprint density at radius 2 is 1.67 bits per heavy atom. The van der Waals surface area contributed by atoms with Crippen LogP contribution < -0.4 is 10.2 Å². The number of anilines is 3. The van der Waals surface area contributed by atoms with E-state index in [0.717, 1.165) is 30.3 Å². The standard InChI is InChI=1S/C15H17N3/c1-2-6-13(7-3-1)17-14-8-9-15(16-12-14)18-10-4-5-11-18/h1-3,6-9,12,17H,4-5,10-11H2. The van der Waals surface area contributed by atoms with Gasteiger partial charge in [-0.3, -0.25) is 0 Å². The van der Waals surface area contributed by atoms with Crippen molar-refractivity contribution in [3.63, 3.8) is 0 Å². The zero-order chi connectivity index (χ0) is 12.2. The van der Waals surface area contributed by atoms with Crippen LogP contribution in [-0.2, 0) is 0 Å². The van der Waals surface area contributed by atoms with Gasteiger partial charge in [-0.05, 0) is 37.1 Å². The molecular formula is C15H17N3. The minimum atomic E-state index is 1.03. The van der Waals surface area contributed by atoms with Gasteiger partial charge in [-0.25, -0.2) is 4.98 Å². The van der Waals surface area contributed by atoms with E-state index in [1.165, 1.54) is 12.8 Å². The van der Waals surface area contributed by atoms with E-state index in [1.54, 1.807) is 0 Å². The highest BCUT2D eigenvalue weighted by Gasteiger charge is 2.12. The van der Waals surface area contributed by atoms with Crippen molar-refractivity contribution >= 4 is 17.2 Å². The number of para-hydroxylation sites is 1. The Morgan fingerprint density at radius 1 is 0.889 bits per heavy atom. The lowest BCUT2D eigenvalue weighted by atomic mass is 10.3. The van der Waals surface area contributed by atoms with Gasteiger partial charge in [0.25, 0.3) is 0 Å². The zero-order valence-corrected chi connectivity index (χ0v) is 10.3. The molecule has 0 saturated carbocycles. The van der Waals surface area contributed by atoms with E-state index in [1.807, 2.05) is 36.5 Å². The summed E-state index contributed by atoms with van der Waals surface area (Å²) >= 11 is 0. The molecule has 1 aliphatic rings. The average molecular weight is 239 g/mol. The SMILES string of the molecule is c1ccc(Nc2ccc(N3CCCC3)nc2)cc1. The first-order chi connectivity index (χ1) is 8.92. The smallest absolute Gasteiger partial charge is 0.128 e. The summed E-state index contributed by atoms with van der Waals surface area (Å²) in [5, 5.41) is 3.34. The van der Waals surface area contributed by atoms with Crippen molar-refractivity contribution in [3.8, 4) is 0 Å². The summed E-state index contributed by atoms with van der Waals surface area (Å²) in [5.74, 6) is 1.09. The van der Waals surface area contributed by atoms with Gasteiger partial charge in [-0.1, -0.05) is 18.2 Å². The van der Waals surface area contributed by atoms with Gasteiger partial charge >= 0.3 is 0 Å². The lowest BCUT2D eigenvalue weighted by molar-refractivity contribution is 0.938. The van der Waals surface area contributed by atoms with Crippen molar-refractivity contribution in [2.75, 3.05) is 23.3 Å². The van der Waals surface area contributed by atoms with Gasteiger partial charge in [0.1, 0.15) is 5.82 Å². The molecule has 1 aromatic carbocycles. The van der Waals surface area contributed by atoms with E-state index in [-0.39, 0.29) is 0 Å². The highest BCUT2D eigenvalue weighted by Crippen LogP contribution is 2.21. The number of hydrogen-bond donors (Lipinski definition) is 1. The van der Waals surface area contributed by atoms with Crippen LogP contribution in [0.5, 0.6) is 0 Å². The predicted octanol–water partition coefficient (Wildman–Crippen LogP) is 3.43. The Kier molecular flexibility index (Phi) is 3.13. The molecule has 0 unspecified atom stereocenters. The van der Waals surface area contributed by atoms with Crippen molar-refractivity contribution in [1.29, 1.82) is 0 Å². The number of rotatable bonds is 3. The summed E-state index contributed by atoms with van der Waals surface area (Å²) in [6, 6.07) is 14.3. The minimum Gasteiger partial charge on any atom is -0.357 e. The number of nitrogens with one attached hydrogen (secondary N) is 1. The summed E-state index contributed by atoms with van der Waals surface area (Å²) in [6.07, 6.45) is 4.47. The highest BCUT2D eigenvalue weighted by molar-refractivity contribution is 5.60. The molecule has 0 spiro atoms. The van der Waals surface area contributed by atoms with Crippen molar-refractivity contribution in [3.05, 3.63) is 48.7 Å². The molecule has 0 radical (unpaired) electrons. The van der Waals surface area contributed by atoms with Crippen LogP contribution in [-0.4, -0.2) is 18.1 Å². The van der Waals surface area contributed by atoms with Crippen LogP contribution in [0.25, 0.3) is 0 Å². The molecule has 18 heavy (non-hydrogen) atoms. The summed E-state index contributed by atoms with van der Waals surface area (Å²) in [5.41, 5.74) is 2.12. The van der Waals surface area contributed by atoms with E-state index in [2.05, 4.69) is 27.3 Å². The Morgan fingerprint density at radius 3 is 2.33 bits per heavy atom. The van der Waals surface area contributed by atoms with Crippen LogP contribution in [0, 0.1) is 0 Å². The fourth-order valence-corrected chi connectivity index (χ4v) is 2.28. The monoisotopic (exact) mass is 239 g/mol. The lowest BCUT2D eigenvalue weighted by Crippen LogP contribution is -2.18. The average Bonchev–Trinajstić information content (AvgIpc) is 2.95. The molecule has 3 rings (SSSR count). The van der Waals surface area contributed by atoms with E-state index in [0.29, 0.717) is 0 Å². The van der Waals surface area contributed by atoms with Crippen molar-refractivity contribution < 1.29 is 0 Å². The van der Waals surface area contributed by atoms with Crippen LogP contribution in [0.15, 0.2) is 48.7 Å². The second-order valence-corrected chi connectivity index (χ2v) is 4.59. The van der Waals surface area contributed by atoms with Gasteiger partial charge in [-0.15, -0.1) is 0 Å². The third kappa shape index (κ3) is 2.45. The van der Waals surface area contributed by atoms with Gasteiger partial charge in [0, 0.05) is 18.8 Å². The minimum absolute atomic E-state index is 1.03. The fourth-order valence-electron chi connectivity index (χ4n) is 2.28.